The summed E-state index contributed by atoms with van der Waals surface area (Å²) in [7, 11) is -4.44. The van der Waals surface area contributed by atoms with E-state index in [0.29, 0.717) is 19.3 Å². The molecule has 8 nitrogen and oxygen atoms in total. The molecule has 0 bridgehead atoms. The number of nitrogens with zero attached hydrogens (tertiary/aromatic N) is 3. The van der Waals surface area contributed by atoms with Gasteiger partial charge in [-0.25, -0.2) is 13.1 Å². The van der Waals surface area contributed by atoms with Crippen LogP contribution in [0, 0.1) is 0 Å². The number of ether oxygens (including phenoxy) is 2. The van der Waals surface area contributed by atoms with Crippen LogP contribution in [0.25, 0.3) is 11.1 Å². The topological polar surface area (TPSA) is 95.3 Å². The average molecular weight is 550 g/mol. The Bertz CT molecular complexity index is 1310. The summed E-state index contributed by atoms with van der Waals surface area (Å²) in [6.07, 6.45) is -4.78. The quantitative estimate of drug-likeness (QED) is 0.406. The fraction of sp³-hybridized carbons (Fsp3) is 0.364. The third-order valence-electron chi connectivity index (χ3n) is 5.71. The van der Waals surface area contributed by atoms with Crippen LogP contribution in [0.2, 0.25) is 0 Å². The Kier molecular flexibility index (Phi) is 7.37. The van der Waals surface area contributed by atoms with E-state index >= 15 is 0 Å². The summed E-state index contributed by atoms with van der Waals surface area (Å²) in [4.78, 5) is -0.725. The minimum absolute atomic E-state index is 0.0750. The maximum absolute atomic E-state index is 13.1. The molecule has 0 amide bonds. The van der Waals surface area contributed by atoms with E-state index in [4.69, 9.17) is 0 Å². The van der Waals surface area contributed by atoms with Gasteiger partial charge in [-0.3, -0.25) is 0 Å². The molecule has 1 heterocycles. The van der Waals surface area contributed by atoms with Gasteiger partial charge < -0.3 is 14.0 Å². The van der Waals surface area contributed by atoms with E-state index in [-0.39, 0.29) is 17.2 Å². The molecule has 37 heavy (non-hydrogen) atoms. The highest BCUT2D eigenvalue weighted by Crippen LogP contribution is 2.36. The second kappa shape index (κ2) is 10.2. The monoisotopic (exact) mass is 550 g/mol. The molecule has 1 saturated carbocycles. The number of halogens is 6. The van der Waals surface area contributed by atoms with Crippen LogP contribution in [0.1, 0.15) is 31.7 Å². The van der Waals surface area contributed by atoms with Crippen LogP contribution in [0.5, 0.6) is 11.5 Å². The number of sulfonamides is 1. The molecule has 1 N–H and O–H groups in total. The summed E-state index contributed by atoms with van der Waals surface area (Å²) in [5, 5.41) is 7.48. The zero-order chi connectivity index (χ0) is 26.8. The molecular weight excluding hydrogens is 530 g/mol. The molecular formula is C22H20F6N4O4S. The van der Waals surface area contributed by atoms with Gasteiger partial charge in [-0.05, 0) is 61.1 Å². The molecule has 1 aliphatic carbocycles. The first-order chi connectivity index (χ1) is 17.3. The Morgan fingerprint density at radius 3 is 2.11 bits per heavy atom. The maximum Gasteiger partial charge on any atom is 0.573 e. The van der Waals surface area contributed by atoms with Crippen LogP contribution in [0.4, 0.5) is 26.3 Å². The zero-order valence-corrected chi connectivity index (χ0v) is 19.6. The van der Waals surface area contributed by atoms with Crippen LogP contribution in [-0.4, -0.2) is 41.9 Å². The lowest BCUT2D eigenvalue weighted by molar-refractivity contribution is -0.276. The molecule has 0 aliphatic heterocycles. The molecule has 1 aliphatic rings. The summed E-state index contributed by atoms with van der Waals surface area (Å²) in [5.74, 6) is -1.50. The largest absolute Gasteiger partial charge is 0.573 e. The van der Waals surface area contributed by atoms with Gasteiger partial charge in [0.25, 0.3) is 0 Å². The lowest BCUT2D eigenvalue weighted by atomic mass is 9.91. The standard InChI is InChI=1S/C22H20F6N4O4S/c23-21(24,25)35-18-7-4-14(5-8-18)15-6-9-20(19(10-15)36-22(26,27)28)37(33,34)31-16-2-1-3-17(11-16)32-12-29-30-13-32/h4-10,12-13,16-17,31H,1-3,11H2/t16-,17+/m0/s1. The second-order valence-electron chi connectivity index (χ2n) is 8.33. The zero-order valence-electron chi connectivity index (χ0n) is 18.8. The van der Waals surface area contributed by atoms with Crippen LogP contribution in [-0.2, 0) is 10.0 Å². The predicted octanol–water partition coefficient (Wildman–Crippen LogP) is 5.20. The van der Waals surface area contributed by atoms with Gasteiger partial charge in [-0.15, -0.1) is 36.5 Å². The molecule has 0 unspecified atom stereocenters. The average Bonchev–Trinajstić information content (AvgIpc) is 3.32. The summed E-state index contributed by atoms with van der Waals surface area (Å²) in [5.41, 5.74) is 0.296. The highest BCUT2D eigenvalue weighted by atomic mass is 32.2. The molecule has 1 aromatic heterocycles. The van der Waals surface area contributed by atoms with Crippen molar-refractivity contribution in [3.8, 4) is 22.6 Å². The SMILES string of the molecule is O=S(=O)(N[C@H]1CCC[C@@H](n2cnnc2)C1)c1ccc(-c2ccc(OC(F)(F)F)cc2)cc1OC(F)(F)F. The van der Waals surface area contributed by atoms with Gasteiger partial charge in [-0.2, -0.15) is 0 Å². The number of hydrogen-bond acceptors (Lipinski definition) is 6. The summed E-state index contributed by atoms with van der Waals surface area (Å²) in [6, 6.07) is 6.77. The molecule has 1 fully saturated rings. The molecule has 200 valence electrons. The van der Waals surface area contributed by atoms with Gasteiger partial charge in [0, 0.05) is 12.1 Å². The number of benzene rings is 2. The normalized spacial score (nSPS) is 19.0. The van der Waals surface area contributed by atoms with E-state index in [0.717, 1.165) is 30.7 Å². The first-order valence-corrected chi connectivity index (χ1v) is 12.4. The van der Waals surface area contributed by atoms with Crippen molar-refractivity contribution in [1.82, 2.24) is 19.5 Å². The predicted molar refractivity (Wildman–Crippen MR) is 117 cm³/mol. The van der Waals surface area contributed by atoms with Crippen LogP contribution in [0.15, 0.2) is 60.0 Å². The Hall–Kier alpha value is -3.33. The molecule has 15 heteroatoms. The van der Waals surface area contributed by atoms with Crippen LogP contribution >= 0.6 is 0 Å². The Labute approximate surface area is 207 Å². The summed E-state index contributed by atoms with van der Waals surface area (Å²) in [6.45, 7) is 0. The van der Waals surface area contributed by atoms with Gasteiger partial charge in [0.2, 0.25) is 10.0 Å². The number of rotatable bonds is 7. The highest BCUT2D eigenvalue weighted by molar-refractivity contribution is 7.89. The van der Waals surface area contributed by atoms with E-state index in [1.165, 1.54) is 30.9 Å². The molecule has 0 saturated heterocycles. The Morgan fingerprint density at radius 1 is 0.865 bits per heavy atom. The smallest absolute Gasteiger partial charge is 0.406 e. The number of nitrogens with one attached hydrogen (secondary N) is 1. The molecule has 3 aromatic rings. The summed E-state index contributed by atoms with van der Waals surface area (Å²) >= 11 is 0. The fourth-order valence-electron chi connectivity index (χ4n) is 4.19. The number of aromatic nitrogens is 3. The fourth-order valence-corrected chi connectivity index (χ4v) is 5.58. The van der Waals surface area contributed by atoms with Crippen molar-refractivity contribution in [3.63, 3.8) is 0 Å². The number of hydrogen-bond donors (Lipinski definition) is 1. The van der Waals surface area contributed by atoms with Crippen molar-refractivity contribution in [1.29, 1.82) is 0 Å². The van der Waals surface area contributed by atoms with Crippen molar-refractivity contribution < 1.29 is 44.2 Å². The minimum Gasteiger partial charge on any atom is -0.406 e. The van der Waals surface area contributed by atoms with E-state index in [9.17, 15) is 34.8 Å². The lowest BCUT2D eigenvalue weighted by Crippen LogP contribution is -2.39. The third kappa shape index (κ3) is 7.13. The lowest BCUT2D eigenvalue weighted by Gasteiger charge is -2.30. The molecule has 0 spiro atoms. The van der Waals surface area contributed by atoms with Crippen LogP contribution in [0.3, 0.4) is 0 Å². The molecule has 0 radical (unpaired) electrons. The molecule has 2 atom stereocenters. The second-order valence-corrected chi connectivity index (χ2v) is 10.0. The Balaban J connectivity index is 1.59. The van der Waals surface area contributed by atoms with Gasteiger partial charge >= 0.3 is 12.7 Å². The molecule has 4 rings (SSSR count). The van der Waals surface area contributed by atoms with Gasteiger partial charge in [0.15, 0.2) is 0 Å². The van der Waals surface area contributed by atoms with Gasteiger partial charge in [0.1, 0.15) is 29.0 Å². The highest BCUT2D eigenvalue weighted by Gasteiger charge is 2.36. The van der Waals surface area contributed by atoms with E-state index in [1.807, 2.05) is 0 Å². The molecule has 2 aromatic carbocycles. The maximum atomic E-state index is 13.1. The van der Waals surface area contributed by atoms with Gasteiger partial charge in [-0.1, -0.05) is 18.2 Å². The van der Waals surface area contributed by atoms with Crippen molar-refractivity contribution in [2.24, 2.45) is 0 Å². The number of alkyl halides is 6. The summed E-state index contributed by atoms with van der Waals surface area (Å²) < 4.78 is 115. The van der Waals surface area contributed by atoms with E-state index in [2.05, 4.69) is 24.4 Å². The van der Waals surface area contributed by atoms with E-state index < -0.39 is 45.2 Å². The third-order valence-corrected chi connectivity index (χ3v) is 7.27. The first kappa shape index (κ1) is 26.7. The van der Waals surface area contributed by atoms with Gasteiger partial charge in [0.05, 0.1) is 0 Å². The van der Waals surface area contributed by atoms with Crippen molar-refractivity contribution in [2.45, 2.75) is 55.4 Å². The Morgan fingerprint density at radius 2 is 1.49 bits per heavy atom. The minimum atomic E-state index is -5.20. The van der Waals surface area contributed by atoms with Crippen molar-refractivity contribution in [2.75, 3.05) is 0 Å². The first-order valence-electron chi connectivity index (χ1n) is 10.9. The van der Waals surface area contributed by atoms with E-state index in [1.54, 1.807) is 4.57 Å². The van der Waals surface area contributed by atoms with Crippen LogP contribution < -0.4 is 14.2 Å². The van der Waals surface area contributed by atoms with Crippen molar-refractivity contribution in [3.05, 3.63) is 55.1 Å². The van der Waals surface area contributed by atoms with Crippen molar-refractivity contribution >= 4 is 10.0 Å².